The van der Waals surface area contributed by atoms with Gasteiger partial charge < -0.3 is 15.9 Å². The van der Waals surface area contributed by atoms with Gasteiger partial charge in [-0.15, -0.1) is 0 Å². The highest BCUT2D eigenvalue weighted by Gasteiger charge is 2.69. The Labute approximate surface area is 226 Å². The van der Waals surface area contributed by atoms with E-state index in [4.69, 9.17) is 5.73 Å². The third kappa shape index (κ3) is 4.03. The number of benzene rings is 2. The number of aromatic hydroxyl groups is 1. The molecule has 0 aromatic heterocycles. The lowest BCUT2D eigenvalue weighted by Crippen LogP contribution is -2.74. The first kappa shape index (κ1) is 26.9. The molecule has 2 aromatic carbocycles. The van der Waals surface area contributed by atoms with Crippen molar-refractivity contribution in [1.82, 2.24) is 4.90 Å². The molecular formula is C30H32N2O7. The molecule has 0 heterocycles. The highest BCUT2D eigenvalue weighted by atomic mass is 16.3. The van der Waals surface area contributed by atoms with Crippen molar-refractivity contribution >= 4 is 29.0 Å². The van der Waals surface area contributed by atoms with Gasteiger partial charge in [-0.05, 0) is 75.4 Å². The molecule has 0 aliphatic heterocycles. The molecule has 2 aromatic rings. The number of primary amides is 1. The lowest BCUT2D eigenvalue weighted by atomic mass is 9.52. The largest absolute Gasteiger partial charge is 0.507 e. The van der Waals surface area contributed by atoms with Gasteiger partial charge in [0.1, 0.15) is 5.75 Å². The highest BCUT2D eigenvalue weighted by Crippen LogP contribution is 2.51. The van der Waals surface area contributed by atoms with E-state index < -0.39 is 64.4 Å². The number of nitrogens with zero attached hydrogens (tertiary/aromatic N) is 1. The molecule has 4 N–H and O–H groups in total. The minimum Gasteiger partial charge on any atom is -0.507 e. The van der Waals surface area contributed by atoms with Crippen LogP contribution in [0.15, 0.2) is 36.4 Å². The predicted octanol–water partition coefficient (Wildman–Crippen LogP) is 0.961. The number of hydrogen-bond acceptors (Lipinski definition) is 8. The van der Waals surface area contributed by atoms with E-state index in [-0.39, 0.29) is 24.2 Å². The van der Waals surface area contributed by atoms with Gasteiger partial charge in [0, 0.05) is 5.92 Å². The third-order valence-electron chi connectivity index (χ3n) is 8.85. The molecule has 3 aliphatic carbocycles. The monoisotopic (exact) mass is 532 g/mol. The van der Waals surface area contributed by atoms with Crippen molar-refractivity contribution < 1.29 is 34.2 Å². The quantitative estimate of drug-likeness (QED) is 0.481. The van der Waals surface area contributed by atoms with Gasteiger partial charge in [0.15, 0.2) is 34.7 Å². The lowest BCUT2D eigenvalue weighted by molar-refractivity contribution is -0.181. The number of carbonyl (C=O) groups excluding carboxylic acids is 5. The number of ketones is 4. The molecule has 39 heavy (non-hydrogen) atoms. The van der Waals surface area contributed by atoms with Crippen LogP contribution in [0.2, 0.25) is 0 Å². The second-order valence-corrected chi connectivity index (χ2v) is 11.4. The maximum Gasteiger partial charge on any atom is 0.235 e. The normalized spacial score (nSPS) is 30.1. The maximum absolute atomic E-state index is 13.9. The van der Waals surface area contributed by atoms with Crippen molar-refractivity contribution in [2.75, 3.05) is 14.1 Å². The first-order valence-electron chi connectivity index (χ1n) is 13.1. The Bertz CT molecular complexity index is 1410. The predicted molar refractivity (Wildman–Crippen MR) is 140 cm³/mol. The zero-order valence-corrected chi connectivity index (χ0v) is 22.1. The highest BCUT2D eigenvalue weighted by molar-refractivity contribution is 6.32. The van der Waals surface area contributed by atoms with E-state index in [1.165, 1.54) is 11.0 Å². The third-order valence-corrected chi connectivity index (χ3v) is 8.85. The van der Waals surface area contributed by atoms with Crippen molar-refractivity contribution in [2.45, 2.75) is 44.2 Å². The maximum atomic E-state index is 13.9. The van der Waals surface area contributed by atoms with Gasteiger partial charge in [-0.1, -0.05) is 35.9 Å². The zero-order valence-electron chi connectivity index (χ0n) is 22.1. The smallest absolute Gasteiger partial charge is 0.235 e. The number of rotatable bonds is 5. The van der Waals surface area contributed by atoms with Crippen LogP contribution in [0, 0.1) is 30.6 Å². The van der Waals surface area contributed by atoms with Crippen LogP contribution in [-0.4, -0.2) is 69.9 Å². The van der Waals surface area contributed by atoms with Crippen LogP contribution < -0.4 is 5.73 Å². The van der Waals surface area contributed by atoms with E-state index in [9.17, 15) is 34.2 Å². The fourth-order valence-electron chi connectivity index (χ4n) is 6.94. The number of nitrogens with two attached hydrogens (primary N) is 1. The number of fused-ring (bicyclic) bond motifs is 3. The molecule has 6 atom stereocenters. The summed E-state index contributed by atoms with van der Waals surface area (Å²) in [6, 6.07) is 10.2. The van der Waals surface area contributed by atoms with Crippen molar-refractivity contribution in [1.29, 1.82) is 0 Å². The van der Waals surface area contributed by atoms with E-state index in [1.807, 2.05) is 31.2 Å². The molecule has 0 saturated heterocycles. The minimum absolute atomic E-state index is 0.0306. The van der Waals surface area contributed by atoms with Gasteiger partial charge in [0.2, 0.25) is 5.91 Å². The van der Waals surface area contributed by atoms with Gasteiger partial charge in [-0.3, -0.25) is 28.9 Å². The van der Waals surface area contributed by atoms with Gasteiger partial charge >= 0.3 is 0 Å². The van der Waals surface area contributed by atoms with E-state index in [1.54, 1.807) is 20.2 Å². The van der Waals surface area contributed by atoms with Crippen LogP contribution in [0.3, 0.4) is 0 Å². The molecule has 9 nitrogen and oxygen atoms in total. The molecular weight excluding hydrogens is 500 g/mol. The van der Waals surface area contributed by atoms with E-state index in [0.29, 0.717) is 18.4 Å². The Kier molecular flexibility index (Phi) is 6.55. The van der Waals surface area contributed by atoms with E-state index in [2.05, 4.69) is 0 Å². The zero-order chi connectivity index (χ0) is 28.4. The Balaban J connectivity index is 1.55. The molecule has 3 aliphatic rings. The van der Waals surface area contributed by atoms with Gasteiger partial charge in [-0.25, -0.2) is 0 Å². The Hall–Kier alpha value is -3.69. The van der Waals surface area contributed by atoms with Crippen LogP contribution in [0.5, 0.6) is 5.75 Å². The molecule has 0 radical (unpaired) electrons. The summed E-state index contributed by atoms with van der Waals surface area (Å²) in [6.45, 7) is 2.01. The van der Waals surface area contributed by atoms with Crippen molar-refractivity contribution in [3.8, 4) is 5.75 Å². The number of carbonyl (C=O) groups is 5. The summed E-state index contributed by atoms with van der Waals surface area (Å²) in [7, 11) is 3.13. The number of hydrogen-bond donors (Lipinski definition) is 3. The number of aryl methyl sites for hydroxylation is 3. The van der Waals surface area contributed by atoms with Crippen LogP contribution in [0.4, 0.5) is 0 Å². The number of Topliss-reactive ketones (excluding diaryl/α,β-unsaturated/α-hetero) is 4. The summed E-state index contributed by atoms with van der Waals surface area (Å²) in [6.07, 6.45) is 1.62. The summed E-state index contributed by atoms with van der Waals surface area (Å²) >= 11 is 0. The summed E-state index contributed by atoms with van der Waals surface area (Å²) in [5.41, 5.74) is 6.46. The molecule has 0 bridgehead atoms. The number of phenolic OH excluding ortho intramolecular Hbond substituents is 1. The molecule has 2 saturated carbocycles. The van der Waals surface area contributed by atoms with Crippen LogP contribution in [0.25, 0.3) is 0 Å². The lowest BCUT2D eigenvalue weighted by Gasteiger charge is -2.52. The summed E-state index contributed by atoms with van der Waals surface area (Å²) in [5.74, 6) is -10.3. The first-order chi connectivity index (χ1) is 18.4. The fraction of sp³-hybridized carbons (Fsp3) is 0.433. The second kappa shape index (κ2) is 9.50. The SMILES string of the molecule is Cc1ccc(CCc2ccc(O)c3c2C[C@H]2C[C@H]4[C@H](N(C)C)C(=O)C(C(N)=O)C(=O)[C@@]4(O)C(=O)C2C3=O)cc1. The Morgan fingerprint density at radius 3 is 2.31 bits per heavy atom. The molecule has 204 valence electrons. The standard InChI is InChI=1S/C30H32N2O7/c1-14-4-6-15(7-5-14)8-9-16-10-11-20(33)22-18(16)12-17-13-19-24(32(2)3)26(35)23(29(31)38)28(37)30(19,39)27(36)21(17)25(22)34/h4-7,10-11,17,19,21,23-24,33,39H,8-9,12-13H2,1-3H3,(H2,31,38)/t17-,19-,21?,23?,24-,30-/m0/s1. The molecule has 0 spiro atoms. The van der Waals surface area contributed by atoms with E-state index in [0.717, 1.165) is 16.7 Å². The minimum atomic E-state index is -2.71. The fourth-order valence-corrected chi connectivity index (χ4v) is 6.94. The van der Waals surface area contributed by atoms with Crippen molar-refractivity contribution in [3.05, 3.63) is 64.2 Å². The summed E-state index contributed by atoms with van der Waals surface area (Å²) < 4.78 is 0. The summed E-state index contributed by atoms with van der Waals surface area (Å²) in [4.78, 5) is 67.7. The number of aliphatic hydroxyl groups is 1. The van der Waals surface area contributed by atoms with Gasteiger partial charge in [0.05, 0.1) is 17.5 Å². The molecule has 2 unspecified atom stereocenters. The van der Waals surface area contributed by atoms with Crippen LogP contribution in [-0.2, 0) is 38.4 Å². The van der Waals surface area contributed by atoms with Crippen molar-refractivity contribution in [2.24, 2.45) is 29.4 Å². The van der Waals surface area contributed by atoms with Gasteiger partial charge in [-0.2, -0.15) is 0 Å². The number of likely N-dealkylation sites (N-methyl/N-ethyl adjacent to an activating group) is 1. The van der Waals surface area contributed by atoms with Gasteiger partial charge in [0.25, 0.3) is 0 Å². The molecule has 2 fully saturated rings. The van der Waals surface area contributed by atoms with Crippen LogP contribution in [0.1, 0.15) is 39.0 Å². The Morgan fingerprint density at radius 1 is 1.03 bits per heavy atom. The van der Waals surface area contributed by atoms with E-state index >= 15 is 0 Å². The van der Waals surface area contributed by atoms with Crippen LogP contribution >= 0.6 is 0 Å². The summed E-state index contributed by atoms with van der Waals surface area (Å²) in [5, 5.41) is 22.3. The average molecular weight is 533 g/mol. The number of phenols is 1. The average Bonchev–Trinajstić information content (AvgIpc) is 2.86. The Morgan fingerprint density at radius 2 is 1.69 bits per heavy atom. The topological polar surface area (TPSA) is 155 Å². The molecule has 9 heteroatoms. The van der Waals surface area contributed by atoms with Crippen molar-refractivity contribution in [3.63, 3.8) is 0 Å². The molecule has 5 rings (SSSR count). The molecule has 1 amide bonds. The second-order valence-electron chi connectivity index (χ2n) is 11.4. The first-order valence-corrected chi connectivity index (χ1v) is 13.1. The number of amides is 1.